The maximum Gasteiger partial charge on any atom is 0.246 e. The number of hydrogen-bond donors (Lipinski definition) is 2. The van der Waals surface area contributed by atoms with E-state index in [9.17, 15) is 4.79 Å². The Morgan fingerprint density at radius 3 is 2.64 bits per heavy atom. The summed E-state index contributed by atoms with van der Waals surface area (Å²) in [6.07, 6.45) is 0. The molecule has 0 fully saturated rings. The number of methoxy groups -OCH3 is 1. The zero-order valence-corrected chi connectivity index (χ0v) is 14.4. The zero-order chi connectivity index (χ0) is 16.1. The van der Waals surface area contributed by atoms with E-state index in [1.54, 1.807) is 7.11 Å². The van der Waals surface area contributed by atoms with E-state index in [0.717, 1.165) is 15.7 Å². The molecule has 0 spiro atoms. The van der Waals surface area contributed by atoms with E-state index >= 15 is 0 Å². The van der Waals surface area contributed by atoms with Crippen LogP contribution in [0.25, 0.3) is 0 Å². The Kier molecular flexibility index (Phi) is 5.44. The summed E-state index contributed by atoms with van der Waals surface area (Å²) in [5.41, 5.74) is 2.68. The number of para-hydroxylation sites is 2. The molecular formula is C17H19BrN2O2. The first-order valence-electron chi connectivity index (χ1n) is 6.98. The van der Waals surface area contributed by atoms with Gasteiger partial charge in [0.25, 0.3) is 0 Å². The standard InChI is InChI=1S/C17H19BrN2O2/c1-11-10-13(8-9-14(11)18)19-12(2)17(21)20-15-6-4-5-7-16(15)22-3/h4-10,12,19H,1-3H3,(H,20,21)/t12-/m1/s1. The highest BCUT2D eigenvalue weighted by atomic mass is 79.9. The second kappa shape index (κ2) is 7.31. The van der Waals surface area contributed by atoms with Crippen LogP contribution >= 0.6 is 15.9 Å². The fraction of sp³-hybridized carbons (Fsp3) is 0.235. The molecule has 0 aliphatic heterocycles. The minimum Gasteiger partial charge on any atom is -0.495 e. The van der Waals surface area contributed by atoms with Crippen molar-refractivity contribution in [2.45, 2.75) is 19.9 Å². The van der Waals surface area contributed by atoms with Crippen LogP contribution in [0.2, 0.25) is 0 Å². The summed E-state index contributed by atoms with van der Waals surface area (Å²) < 4.78 is 6.28. The molecule has 0 aromatic heterocycles. The number of amides is 1. The summed E-state index contributed by atoms with van der Waals surface area (Å²) in [5, 5.41) is 6.07. The van der Waals surface area contributed by atoms with Gasteiger partial charge >= 0.3 is 0 Å². The Hall–Kier alpha value is -2.01. The molecule has 116 valence electrons. The van der Waals surface area contributed by atoms with Gasteiger partial charge in [-0.25, -0.2) is 0 Å². The molecule has 0 unspecified atom stereocenters. The van der Waals surface area contributed by atoms with Gasteiger partial charge in [-0.15, -0.1) is 0 Å². The normalized spacial score (nSPS) is 11.6. The second-order valence-electron chi connectivity index (χ2n) is 5.02. The van der Waals surface area contributed by atoms with Crippen molar-refractivity contribution in [3.8, 4) is 5.75 Å². The van der Waals surface area contributed by atoms with Crippen LogP contribution in [-0.2, 0) is 4.79 Å². The summed E-state index contributed by atoms with van der Waals surface area (Å²) in [6.45, 7) is 3.83. The number of ether oxygens (including phenoxy) is 1. The molecule has 1 amide bonds. The Morgan fingerprint density at radius 2 is 1.95 bits per heavy atom. The van der Waals surface area contributed by atoms with Crippen molar-refractivity contribution in [1.82, 2.24) is 0 Å². The van der Waals surface area contributed by atoms with Gasteiger partial charge in [0.2, 0.25) is 5.91 Å². The van der Waals surface area contributed by atoms with E-state index in [2.05, 4.69) is 26.6 Å². The van der Waals surface area contributed by atoms with Crippen molar-refractivity contribution in [2.75, 3.05) is 17.7 Å². The largest absolute Gasteiger partial charge is 0.495 e. The molecule has 2 aromatic carbocycles. The molecule has 22 heavy (non-hydrogen) atoms. The minimum absolute atomic E-state index is 0.120. The van der Waals surface area contributed by atoms with Crippen LogP contribution in [0.3, 0.4) is 0 Å². The van der Waals surface area contributed by atoms with Gasteiger partial charge in [-0.3, -0.25) is 4.79 Å². The molecule has 0 bridgehead atoms. The van der Waals surface area contributed by atoms with Gasteiger partial charge in [-0.05, 0) is 49.7 Å². The molecule has 0 radical (unpaired) electrons. The van der Waals surface area contributed by atoms with E-state index in [0.29, 0.717) is 11.4 Å². The number of carbonyl (C=O) groups excluding carboxylic acids is 1. The van der Waals surface area contributed by atoms with Crippen molar-refractivity contribution in [3.63, 3.8) is 0 Å². The van der Waals surface area contributed by atoms with Crippen LogP contribution in [0.4, 0.5) is 11.4 Å². The number of carbonyl (C=O) groups is 1. The van der Waals surface area contributed by atoms with Crippen LogP contribution in [0, 0.1) is 6.92 Å². The molecule has 5 heteroatoms. The molecule has 0 aliphatic carbocycles. The number of rotatable bonds is 5. The summed E-state index contributed by atoms with van der Waals surface area (Å²) in [7, 11) is 1.58. The number of halogens is 1. The Bertz CT molecular complexity index is 673. The summed E-state index contributed by atoms with van der Waals surface area (Å²) in [5.74, 6) is 0.521. The van der Waals surface area contributed by atoms with E-state index in [4.69, 9.17) is 4.74 Å². The molecule has 0 saturated heterocycles. The number of benzene rings is 2. The predicted molar refractivity (Wildman–Crippen MR) is 93.6 cm³/mol. The number of hydrogen-bond acceptors (Lipinski definition) is 3. The minimum atomic E-state index is -0.370. The lowest BCUT2D eigenvalue weighted by atomic mass is 10.2. The van der Waals surface area contributed by atoms with Gasteiger partial charge in [-0.2, -0.15) is 0 Å². The van der Waals surface area contributed by atoms with Gasteiger partial charge in [-0.1, -0.05) is 28.1 Å². The second-order valence-corrected chi connectivity index (χ2v) is 5.87. The molecule has 2 rings (SSSR count). The average molecular weight is 363 g/mol. The highest BCUT2D eigenvalue weighted by Gasteiger charge is 2.14. The van der Waals surface area contributed by atoms with E-state index in [1.165, 1.54) is 0 Å². The van der Waals surface area contributed by atoms with Gasteiger partial charge in [0, 0.05) is 10.2 Å². The molecule has 0 heterocycles. The lowest BCUT2D eigenvalue weighted by molar-refractivity contribution is -0.116. The van der Waals surface area contributed by atoms with Crippen LogP contribution in [0.1, 0.15) is 12.5 Å². The number of anilines is 2. The van der Waals surface area contributed by atoms with Gasteiger partial charge in [0.15, 0.2) is 0 Å². The van der Waals surface area contributed by atoms with E-state index in [-0.39, 0.29) is 11.9 Å². The SMILES string of the molecule is COc1ccccc1NC(=O)[C@@H](C)Nc1ccc(Br)c(C)c1. The monoisotopic (exact) mass is 362 g/mol. The van der Waals surface area contributed by atoms with Crippen molar-refractivity contribution >= 4 is 33.2 Å². The fourth-order valence-electron chi connectivity index (χ4n) is 2.04. The third kappa shape index (κ3) is 4.01. The van der Waals surface area contributed by atoms with Crippen LogP contribution in [0.5, 0.6) is 5.75 Å². The smallest absolute Gasteiger partial charge is 0.246 e. The van der Waals surface area contributed by atoms with Crippen LogP contribution < -0.4 is 15.4 Å². The lowest BCUT2D eigenvalue weighted by Gasteiger charge is -2.17. The molecular weight excluding hydrogens is 344 g/mol. The van der Waals surface area contributed by atoms with Crippen molar-refractivity contribution in [2.24, 2.45) is 0 Å². The Balaban J connectivity index is 2.04. The molecule has 0 saturated carbocycles. The Morgan fingerprint density at radius 1 is 1.23 bits per heavy atom. The third-order valence-corrected chi connectivity index (χ3v) is 4.19. The molecule has 1 atom stereocenters. The van der Waals surface area contributed by atoms with Crippen molar-refractivity contribution < 1.29 is 9.53 Å². The first-order valence-corrected chi connectivity index (χ1v) is 7.77. The van der Waals surface area contributed by atoms with Crippen LogP contribution in [-0.4, -0.2) is 19.1 Å². The first-order chi connectivity index (χ1) is 10.5. The fourth-order valence-corrected chi connectivity index (χ4v) is 2.29. The third-order valence-electron chi connectivity index (χ3n) is 3.30. The van der Waals surface area contributed by atoms with Gasteiger partial charge in [0.1, 0.15) is 11.8 Å². The summed E-state index contributed by atoms with van der Waals surface area (Å²) in [4.78, 5) is 12.3. The van der Waals surface area contributed by atoms with Crippen molar-refractivity contribution in [1.29, 1.82) is 0 Å². The Labute approximate surface area is 139 Å². The van der Waals surface area contributed by atoms with Crippen molar-refractivity contribution in [3.05, 3.63) is 52.5 Å². The predicted octanol–water partition coefficient (Wildman–Crippen LogP) is 4.21. The van der Waals surface area contributed by atoms with Gasteiger partial charge in [0.05, 0.1) is 12.8 Å². The van der Waals surface area contributed by atoms with Crippen LogP contribution in [0.15, 0.2) is 46.9 Å². The molecule has 2 aromatic rings. The lowest BCUT2D eigenvalue weighted by Crippen LogP contribution is -2.32. The summed E-state index contributed by atoms with van der Waals surface area (Å²) >= 11 is 3.46. The maximum absolute atomic E-state index is 12.3. The quantitative estimate of drug-likeness (QED) is 0.837. The highest BCUT2D eigenvalue weighted by molar-refractivity contribution is 9.10. The number of aryl methyl sites for hydroxylation is 1. The maximum atomic E-state index is 12.3. The first kappa shape index (κ1) is 16.4. The molecule has 0 aliphatic rings. The molecule has 4 nitrogen and oxygen atoms in total. The van der Waals surface area contributed by atoms with E-state index < -0.39 is 0 Å². The highest BCUT2D eigenvalue weighted by Crippen LogP contribution is 2.24. The number of nitrogens with one attached hydrogen (secondary N) is 2. The summed E-state index contributed by atoms with van der Waals surface area (Å²) in [6, 6.07) is 12.9. The topological polar surface area (TPSA) is 50.4 Å². The average Bonchev–Trinajstić information content (AvgIpc) is 2.51. The molecule has 2 N–H and O–H groups in total. The zero-order valence-electron chi connectivity index (χ0n) is 12.8. The van der Waals surface area contributed by atoms with Gasteiger partial charge < -0.3 is 15.4 Å². The van der Waals surface area contributed by atoms with E-state index in [1.807, 2.05) is 56.3 Å².